The number of nitrogens with zero attached hydrogens (tertiary/aromatic N) is 5. The Labute approximate surface area is 117 Å². The Morgan fingerprint density at radius 1 is 1.25 bits per heavy atom. The fourth-order valence-corrected chi connectivity index (χ4v) is 1.81. The van der Waals surface area contributed by atoms with E-state index in [1.54, 1.807) is 10.9 Å². The molecule has 2 heterocycles. The molecule has 20 heavy (non-hydrogen) atoms. The molecule has 7 heteroatoms. The molecule has 2 N–H and O–H groups in total. The van der Waals surface area contributed by atoms with Gasteiger partial charge in [-0.2, -0.15) is 20.1 Å². The van der Waals surface area contributed by atoms with Crippen molar-refractivity contribution in [2.24, 2.45) is 0 Å². The molecule has 1 aliphatic carbocycles. The van der Waals surface area contributed by atoms with Crippen molar-refractivity contribution in [1.29, 1.82) is 0 Å². The van der Waals surface area contributed by atoms with Gasteiger partial charge in [-0.3, -0.25) is 0 Å². The van der Waals surface area contributed by atoms with Gasteiger partial charge in [0.15, 0.2) is 0 Å². The van der Waals surface area contributed by atoms with Crippen LogP contribution >= 0.6 is 0 Å². The second-order valence-corrected chi connectivity index (χ2v) is 5.35. The Morgan fingerprint density at radius 2 is 2.05 bits per heavy atom. The molecule has 3 rings (SSSR count). The summed E-state index contributed by atoms with van der Waals surface area (Å²) in [6.45, 7) is 5.11. The zero-order valence-electron chi connectivity index (χ0n) is 11.8. The molecule has 0 saturated heterocycles. The lowest BCUT2D eigenvalue weighted by atomic mass is 10.3. The van der Waals surface area contributed by atoms with Gasteiger partial charge in [-0.25, -0.2) is 4.68 Å². The topological polar surface area (TPSA) is 80.5 Å². The molecule has 1 fully saturated rings. The zero-order chi connectivity index (χ0) is 14.0. The summed E-state index contributed by atoms with van der Waals surface area (Å²) in [4.78, 5) is 13.2. The molecule has 7 nitrogen and oxygen atoms in total. The number of anilines is 2. The van der Waals surface area contributed by atoms with Crippen LogP contribution in [0.4, 0.5) is 11.9 Å². The van der Waals surface area contributed by atoms with Crippen LogP contribution in [0.25, 0.3) is 5.95 Å². The Bertz CT molecular complexity index is 574. The molecule has 1 aliphatic rings. The fourth-order valence-electron chi connectivity index (χ4n) is 1.81. The van der Waals surface area contributed by atoms with Crippen LogP contribution in [0.1, 0.15) is 33.1 Å². The van der Waals surface area contributed by atoms with E-state index in [1.807, 2.05) is 12.3 Å². The Balaban J connectivity index is 1.90. The van der Waals surface area contributed by atoms with Gasteiger partial charge < -0.3 is 10.6 Å². The van der Waals surface area contributed by atoms with Gasteiger partial charge in [0.25, 0.3) is 5.95 Å². The maximum absolute atomic E-state index is 4.44. The predicted octanol–water partition coefficient (Wildman–Crippen LogP) is 1.84. The molecule has 2 aromatic rings. The van der Waals surface area contributed by atoms with Gasteiger partial charge in [0.05, 0.1) is 0 Å². The van der Waals surface area contributed by atoms with E-state index in [0.717, 1.165) is 25.8 Å². The minimum atomic E-state index is 0.130. The highest BCUT2D eigenvalue weighted by molar-refractivity contribution is 5.41. The average molecular weight is 273 g/mol. The van der Waals surface area contributed by atoms with Crippen LogP contribution in [-0.4, -0.2) is 36.8 Å². The highest BCUT2D eigenvalue weighted by Crippen LogP contribution is 2.37. The normalized spacial score (nSPS) is 15.9. The second-order valence-electron chi connectivity index (χ2n) is 5.35. The first-order valence-electron chi connectivity index (χ1n) is 6.97. The Hall–Kier alpha value is -2.18. The van der Waals surface area contributed by atoms with E-state index in [9.17, 15) is 0 Å². The first-order valence-corrected chi connectivity index (χ1v) is 6.97. The smallest absolute Gasteiger partial charge is 0.257 e. The zero-order valence-corrected chi connectivity index (χ0v) is 11.8. The van der Waals surface area contributed by atoms with Crippen LogP contribution in [0, 0.1) is 0 Å². The van der Waals surface area contributed by atoms with Gasteiger partial charge in [0, 0.05) is 24.5 Å². The van der Waals surface area contributed by atoms with E-state index in [4.69, 9.17) is 0 Å². The highest BCUT2D eigenvalue weighted by atomic mass is 15.4. The molecule has 0 amide bonds. The van der Waals surface area contributed by atoms with E-state index in [1.165, 1.54) is 0 Å². The Morgan fingerprint density at radius 3 is 2.70 bits per heavy atom. The van der Waals surface area contributed by atoms with Crippen molar-refractivity contribution in [3.8, 4) is 5.95 Å². The van der Waals surface area contributed by atoms with Crippen molar-refractivity contribution < 1.29 is 0 Å². The molecule has 0 bridgehead atoms. The van der Waals surface area contributed by atoms with E-state index in [0.29, 0.717) is 17.8 Å². The minimum absolute atomic E-state index is 0.130. The summed E-state index contributed by atoms with van der Waals surface area (Å²) < 4.78 is 1.64. The van der Waals surface area contributed by atoms with Crippen molar-refractivity contribution in [1.82, 2.24) is 24.7 Å². The second kappa shape index (κ2) is 5.07. The monoisotopic (exact) mass is 273 g/mol. The standard InChI is InChI=1S/C13H19N7/c1-3-7-14-10-16-11(19-13(2)5-6-13)18-12(17-10)20-9-4-8-15-20/h4,8-9H,3,5-7H2,1-2H3,(H2,14,16,17,18,19). The summed E-state index contributed by atoms with van der Waals surface area (Å²) in [6, 6.07) is 1.85. The van der Waals surface area contributed by atoms with Crippen molar-refractivity contribution in [2.45, 2.75) is 38.6 Å². The SMILES string of the molecule is CCCNc1nc(NC2(C)CC2)nc(-n2cccn2)n1. The third-order valence-electron chi connectivity index (χ3n) is 3.28. The van der Waals surface area contributed by atoms with Crippen molar-refractivity contribution >= 4 is 11.9 Å². The number of hydrogen-bond acceptors (Lipinski definition) is 6. The first kappa shape index (κ1) is 12.8. The lowest BCUT2D eigenvalue weighted by Crippen LogP contribution is -2.20. The maximum atomic E-state index is 4.44. The summed E-state index contributed by atoms with van der Waals surface area (Å²) in [6.07, 6.45) is 6.84. The van der Waals surface area contributed by atoms with Crippen LogP contribution in [0.3, 0.4) is 0 Å². The van der Waals surface area contributed by atoms with Crippen molar-refractivity contribution in [3.05, 3.63) is 18.5 Å². The molecule has 0 spiro atoms. The number of nitrogens with one attached hydrogen (secondary N) is 2. The molecule has 0 aromatic carbocycles. The minimum Gasteiger partial charge on any atom is -0.354 e. The largest absolute Gasteiger partial charge is 0.354 e. The lowest BCUT2D eigenvalue weighted by molar-refractivity contribution is 0.768. The van der Waals surface area contributed by atoms with Gasteiger partial charge in [0.1, 0.15) is 0 Å². The number of rotatable bonds is 6. The molecule has 0 radical (unpaired) electrons. The molecular weight excluding hydrogens is 254 g/mol. The van der Waals surface area contributed by atoms with E-state index in [2.05, 4.69) is 44.5 Å². The third kappa shape index (κ3) is 2.87. The highest BCUT2D eigenvalue weighted by Gasteiger charge is 2.38. The summed E-state index contributed by atoms with van der Waals surface area (Å²) in [5.74, 6) is 1.71. The van der Waals surface area contributed by atoms with Crippen LogP contribution in [0.15, 0.2) is 18.5 Å². The van der Waals surface area contributed by atoms with Crippen LogP contribution in [-0.2, 0) is 0 Å². The van der Waals surface area contributed by atoms with E-state index in [-0.39, 0.29) is 5.54 Å². The molecular formula is C13H19N7. The van der Waals surface area contributed by atoms with Crippen LogP contribution in [0.2, 0.25) is 0 Å². The first-order chi connectivity index (χ1) is 9.68. The van der Waals surface area contributed by atoms with Gasteiger partial charge in [-0.1, -0.05) is 6.92 Å². The van der Waals surface area contributed by atoms with Crippen LogP contribution < -0.4 is 10.6 Å². The summed E-state index contributed by atoms with van der Waals surface area (Å²) in [7, 11) is 0. The molecule has 0 atom stereocenters. The van der Waals surface area contributed by atoms with Gasteiger partial charge in [-0.05, 0) is 32.3 Å². The molecule has 2 aromatic heterocycles. The number of aromatic nitrogens is 5. The van der Waals surface area contributed by atoms with Gasteiger partial charge >= 0.3 is 0 Å². The number of hydrogen-bond donors (Lipinski definition) is 2. The summed E-state index contributed by atoms with van der Waals surface area (Å²) >= 11 is 0. The molecule has 0 aliphatic heterocycles. The van der Waals surface area contributed by atoms with Gasteiger partial charge in [0.2, 0.25) is 11.9 Å². The molecule has 1 saturated carbocycles. The molecule has 106 valence electrons. The quantitative estimate of drug-likeness (QED) is 0.836. The third-order valence-corrected chi connectivity index (χ3v) is 3.28. The van der Waals surface area contributed by atoms with Crippen LogP contribution in [0.5, 0.6) is 0 Å². The van der Waals surface area contributed by atoms with Gasteiger partial charge in [-0.15, -0.1) is 0 Å². The summed E-state index contributed by atoms with van der Waals surface area (Å²) in [5, 5.41) is 10.7. The van der Waals surface area contributed by atoms with Crippen molar-refractivity contribution in [3.63, 3.8) is 0 Å². The maximum Gasteiger partial charge on any atom is 0.257 e. The van der Waals surface area contributed by atoms with E-state index < -0.39 is 0 Å². The van der Waals surface area contributed by atoms with E-state index >= 15 is 0 Å². The lowest BCUT2D eigenvalue weighted by Gasteiger charge is -2.13. The fraction of sp³-hybridized carbons (Fsp3) is 0.538. The Kier molecular flexibility index (Phi) is 3.25. The average Bonchev–Trinajstić information content (AvgIpc) is 2.96. The van der Waals surface area contributed by atoms with Crippen molar-refractivity contribution in [2.75, 3.05) is 17.2 Å². The predicted molar refractivity (Wildman–Crippen MR) is 77.0 cm³/mol. The summed E-state index contributed by atoms with van der Waals surface area (Å²) in [5.41, 5.74) is 0.130. The molecule has 0 unspecified atom stereocenters.